The maximum Gasteiger partial charge on any atom is 0.329 e. The smallest absolute Gasteiger partial charge is 0.290 e. The van der Waals surface area contributed by atoms with Gasteiger partial charge in [-0.1, -0.05) is 11.6 Å². The van der Waals surface area contributed by atoms with Crippen LogP contribution < -0.4 is 9.80 Å². The monoisotopic (exact) mass is 305 g/mol. The van der Waals surface area contributed by atoms with Gasteiger partial charge in [0.2, 0.25) is 0 Å². The Morgan fingerprint density at radius 2 is 1.90 bits per heavy atom. The average molecular weight is 306 g/mol. The first-order valence-corrected chi connectivity index (χ1v) is 6.90. The van der Waals surface area contributed by atoms with Gasteiger partial charge < -0.3 is 0 Å². The van der Waals surface area contributed by atoms with Gasteiger partial charge in [-0.15, -0.1) is 0 Å². The number of aromatic nitrogens is 1. The van der Waals surface area contributed by atoms with Crippen molar-refractivity contribution < 1.29 is 9.18 Å². The average Bonchev–Trinajstić information content (AvgIpc) is 2.84. The molecule has 3 rings (SSSR count). The molecule has 1 aromatic carbocycles. The molecule has 2 amide bonds. The first-order chi connectivity index (χ1) is 10.1. The highest BCUT2D eigenvalue weighted by molar-refractivity contribution is 6.31. The van der Waals surface area contributed by atoms with E-state index in [1.165, 1.54) is 23.1 Å². The molecule has 0 spiro atoms. The quantitative estimate of drug-likeness (QED) is 0.849. The van der Waals surface area contributed by atoms with E-state index < -0.39 is 5.82 Å². The van der Waals surface area contributed by atoms with Crippen LogP contribution in [0.5, 0.6) is 0 Å². The Hall–Kier alpha value is -2.14. The van der Waals surface area contributed by atoms with E-state index in [4.69, 9.17) is 11.6 Å². The zero-order valence-electron chi connectivity index (χ0n) is 11.4. The molecule has 0 aliphatic carbocycles. The van der Waals surface area contributed by atoms with E-state index in [-0.39, 0.29) is 11.7 Å². The SMILES string of the molecule is Cc1ccncc1N1CCN(c2cc(Cl)ccc2F)C1=O. The lowest BCUT2D eigenvalue weighted by atomic mass is 10.2. The number of hydrogen-bond acceptors (Lipinski definition) is 2. The number of aryl methyl sites for hydroxylation is 1. The first kappa shape index (κ1) is 13.8. The fraction of sp³-hybridized carbons (Fsp3) is 0.200. The number of carbonyl (C=O) groups is 1. The van der Waals surface area contributed by atoms with E-state index in [1.54, 1.807) is 17.3 Å². The lowest BCUT2D eigenvalue weighted by molar-refractivity contribution is 0.255. The largest absolute Gasteiger partial charge is 0.329 e. The van der Waals surface area contributed by atoms with Gasteiger partial charge in [-0.25, -0.2) is 9.18 Å². The van der Waals surface area contributed by atoms with Crippen LogP contribution in [0.25, 0.3) is 0 Å². The fourth-order valence-electron chi connectivity index (χ4n) is 2.41. The fourth-order valence-corrected chi connectivity index (χ4v) is 2.58. The van der Waals surface area contributed by atoms with E-state index in [0.717, 1.165) is 11.3 Å². The molecule has 1 saturated heterocycles. The summed E-state index contributed by atoms with van der Waals surface area (Å²) in [4.78, 5) is 19.6. The topological polar surface area (TPSA) is 36.4 Å². The van der Waals surface area contributed by atoms with E-state index in [2.05, 4.69) is 4.98 Å². The van der Waals surface area contributed by atoms with Gasteiger partial charge in [0.25, 0.3) is 0 Å². The number of nitrogens with zero attached hydrogens (tertiary/aromatic N) is 3. The highest BCUT2D eigenvalue weighted by Gasteiger charge is 2.33. The summed E-state index contributed by atoms with van der Waals surface area (Å²) in [5.74, 6) is -0.461. The Kier molecular flexibility index (Phi) is 3.51. The Morgan fingerprint density at radius 3 is 2.62 bits per heavy atom. The minimum absolute atomic E-state index is 0.205. The molecule has 4 nitrogen and oxygen atoms in total. The van der Waals surface area contributed by atoms with Crippen LogP contribution in [0.4, 0.5) is 20.6 Å². The van der Waals surface area contributed by atoms with Gasteiger partial charge >= 0.3 is 6.03 Å². The van der Waals surface area contributed by atoms with Crippen LogP contribution in [0.15, 0.2) is 36.7 Å². The molecule has 1 fully saturated rings. The van der Waals surface area contributed by atoms with Gasteiger partial charge in [-0.05, 0) is 36.8 Å². The predicted molar refractivity (Wildman–Crippen MR) is 80.5 cm³/mol. The van der Waals surface area contributed by atoms with Crippen LogP contribution in [0.2, 0.25) is 5.02 Å². The van der Waals surface area contributed by atoms with Gasteiger partial charge in [0.05, 0.1) is 17.6 Å². The summed E-state index contributed by atoms with van der Waals surface area (Å²) in [5, 5.41) is 0.398. The van der Waals surface area contributed by atoms with Crippen molar-refractivity contribution in [3.8, 4) is 0 Å². The molecule has 0 unspecified atom stereocenters. The predicted octanol–water partition coefficient (Wildman–Crippen LogP) is 3.63. The van der Waals surface area contributed by atoms with Crippen LogP contribution in [0, 0.1) is 12.7 Å². The molecule has 0 radical (unpaired) electrons. The van der Waals surface area contributed by atoms with Crippen molar-refractivity contribution in [2.45, 2.75) is 6.92 Å². The van der Waals surface area contributed by atoms with Crippen LogP contribution in [0.3, 0.4) is 0 Å². The second kappa shape index (κ2) is 5.33. The molecule has 0 atom stereocenters. The highest BCUT2D eigenvalue weighted by atomic mass is 35.5. The molecule has 21 heavy (non-hydrogen) atoms. The zero-order valence-corrected chi connectivity index (χ0v) is 12.1. The Bertz CT molecular complexity index is 707. The maximum absolute atomic E-state index is 13.9. The van der Waals surface area contributed by atoms with Crippen molar-refractivity contribution in [3.63, 3.8) is 0 Å². The van der Waals surface area contributed by atoms with E-state index in [9.17, 15) is 9.18 Å². The minimum Gasteiger partial charge on any atom is -0.290 e. The van der Waals surface area contributed by atoms with Crippen molar-refractivity contribution in [1.82, 2.24) is 4.98 Å². The van der Waals surface area contributed by atoms with Gasteiger partial charge in [0, 0.05) is 24.3 Å². The molecule has 0 saturated carbocycles. The number of pyridine rings is 1. The highest BCUT2D eigenvalue weighted by Crippen LogP contribution is 2.30. The molecule has 0 bridgehead atoms. The van der Waals surface area contributed by atoms with Crippen LogP contribution in [0.1, 0.15) is 5.56 Å². The van der Waals surface area contributed by atoms with Crippen molar-refractivity contribution in [1.29, 1.82) is 0 Å². The summed E-state index contributed by atoms with van der Waals surface area (Å²) >= 11 is 5.89. The summed E-state index contributed by atoms with van der Waals surface area (Å²) < 4.78 is 13.9. The number of anilines is 2. The molecule has 6 heteroatoms. The van der Waals surface area contributed by atoms with Gasteiger partial charge in [0.15, 0.2) is 0 Å². The van der Waals surface area contributed by atoms with E-state index >= 15 is 0 Å². The number of benzene rings is 1. The third-order valence-corrected chi connectivity index (χ3v) is 3.75. The molecule has 1 aliphatic heterocycles. The van der Waals surface area contributed by atoms with Gasteiger partial charge in [-0.3, -0.25) is 14.8 Å². The lowest BCUT2D eigenvalue weighted by Crippen LogP contribution is -2.32. The normalized spacial score (nSPS) is 14.9. The van der Waals surface area contributed by atoms with E-state index in [1.807, 2.05) is 13.0 Å². The Labute approximate surface area is 126 Å². The summed E-state index contributed by atoms with van der Waals surface area (Å²) in [6.07, 6.45) is 3.32. The van der Waals surface area contributed by atoms with Crippen molar-refractivity contribution in [3.05, 3.63) is 53.1 Å². The van der Waals surface area contributed by atoms with Gasteiger partial charge in [-0.2, -0.15) is 0 Å². The maximum atomic E-state index is 13.9. The molecular weight excluding hydrogens is 293 g/mol. The second-order valence-corrected chi connectivity index (χ2v) is 5.28. The van der Waals surface area contributed by atoms with Crippen LogP contribution in [-0.4, -0.2) is 24.1 Å². The first-order valence-electron chi connectivity index (χ1n) is 6.52. The third-order valence-electron chi connectivity index (χ3n) is 3.51. The number of hydrogen-bond donors (Lipinski definition) is 0. The molecule has 1 aliphatic rings. The number of amides is 2. The third kappa shape index (κ3) is 2.45. The van der Waals surface area contributed by atoms with Crippen molar-refractivity contribution >= 4 is 29.0 Å². The summed E-state index contributed by atoms with van der Waals surface area (Å²) in [6, 6.07) is 5.76. The summed E-state index contributed by atoms with van der Waals surface area (Å²) in [6.45, 7) is 2.80. The molecule has 2 heterocycles. The van der Waals surface area contributed by atoms with E-state index in [0.29, 0.717) is 18.1 Å². The van der Waals surface area contributed by atoms with Gasteiger partial charge in [0.1, 0.15) is 5.82 Å². The molecule has 0 N–H and O–H groups in total. The summed E-state index contributed by atoms with van der Waals surface area (Å²) in [5.41, 5.74) is 1.90. The Balaban J connectivity index is 1.94. The number of carbonyl (C=O) groups excluding carboxylic acids is 1. The summed E-state index contributed by atoms with van der Waals surface area (Å²) in [7, 11) is 0. The molecule has 1 aromatic heterocycles. The van der Waals surface area contributed by atoms with Crippen LogP contribution >= 0.6 is 11.6 Å². The molecule has 108 valence electrons. The number of halogens is 2. The standard InChI is InChI=1S/C15H13ClFN3O/c1-10-4-5-18-9-14(10)20-7-6-19(15(20)21)13-8-11(16)2-3-12(13)17/h2-5,8-9H,6-7H2,1H3. The van der Waals surface area contributed by atoms with Crippen LogP contribution in [-0.2, 0) is 0 Å². The number of urea groups is 1. The number of rotatable bonds is 2. The Morgan fingerprint density at radius 1 is 1.19 bits per heavy atom. The zero-order chi connectivity index (χ0) is 15.0. The second-order valence-electron chi connectivity index (χ2n) is 4.84. The lowest BCUT2D eigenvalue weighted by Gasteiger charge is -2.20. The molecular formula is C15H13ClFN3O. The van der Waals surface area contributed by atoms with Crippen molar-refractivity contribution in [2.75, 3.05) is 22.9 Å². The van der Waals surface area contributed by atoms with Crippen molar-refractivity contribution in [2.24, 2.45) is 0 Å². The minimum atomic E-state index is -0.461. The molecule has 2 aromatic rings.